The summed E-state index contributed by atoms with van der Waals surface area (Å²) in [5, 5.41) is 0.529. The van der Waals surface area contributed by atoms with Gasteiger partial charge in [-0.1, -0.05) is 0 Å². The molecule has 0 aliphatic rings. The number of carbonyl (C=O) groups excluding carboxylic acids is 3. The number of fused-ring (bicyclic) bond motifs is 1. The Balaban J connectivity index is 2.46. The first-order chi connectivity index (χ1) is 11.9. The largest absolute Gasteiger partial charge is 0.497 e. The number of benzene rings is 1. The lowest BCUT2D eigenvalue weighted by atomic mass is 10.1. The van der Waals surface area contributed by atoms with Crippen molar-refractivity contribution in [2.45, 2.75) is 6.92 Å². The molecule has 8 heteroatoms. The molecule has 0 saturated carbocycles. The standard InChI is InChI=1S/C17H19NO7/c1-10-16(12-7-11(22-2)5-6-13(12)25-10)17(21)18(8-14(19)23-3)9-15(20)24-4/h5-7H,8-9H2,1-4H3. The average Bonchev–Trinajstić information content (AvgIpc) is 2.94. The Morgan fingerprint density at radius 3 is 2.16 bits per heavy atom. The van der Waals surface area contributed by atoms with Crippen molar-refractivity contribution >= 4 is 28.8 Å². The molecule has 0 aliphatic heterocycles. The van der Waals surface area contributed by atoms with Gasteiger partial charge in [0.25, 0.3) is 5.91 Å². The van der Waals surface area contributed by atoms with Crippen LogP contribution in [0.5, 0.6) is 5.75 Å². The minimum absolute atomic E-state index is 0.252. The van der Waals surface area contributed by atoms with E-state index in [4.69, 9.17) is 9.15 Å². The summed E-state index contributed by atoms with van der Waals surface area (Å²) in [6, 6.07) is 5.05. The summed E-state index contributed by atoms with van der Waals surface area (Å²) >= 11 is 0. The zero-order chi connectivity index (χ0) is 18.6. The van der Waals surface area contributed by atoms with Crippen LogP contribution in [0.25, 0.3) is 11.0 Å². The summed E-state index contributed by atoms with van der Waals surface area (Å²) < 4.78 is 20.0. The second-order valence-electron chi connectivity index (χ2n) is 5.21. The van der Waals surface area contributed by atoms with Gasteiger partial charge in [-0.3, -0.25) is 14.4 Å². The minimum atomic E-state index is -0.653. The number of amides is 1. The highest BCUT2D eigenvalue weighted by molar-refractivity contribution is 6.08. The third-order valence-electron chi connectivity index (χ3n) is 3.67. The van der Waals surface area contributed by atoms with Gasteiger partial charge in [0.15, 0.2) is 0 Å². The number of methoxy groups -OCH3 is 3. The Bertz CT molecular complexity index is 791. The van der Waals surface area contributed by atoms with Crippen LogP contribution in [0.3, 0.4) is 0 Å². The van der Waals surface area contributed by atoms with Gasteiger partial charge in [0.05, 0.1) is 26.9 Å². The Labute approximate surface area is 144 Å². The van der Waals surface area contributed by atoms with Crippen molar-refractivity contribution in [3.63, 3.8) is 0 Å². The molecule has 0 saturated heterocycles. The van der Waals surface area contributed by atoms with Crippen molar-refractivity contribution in [2.75, 3.05) is 34.4 Å². The third kappa shape index (κ3) is 3.90. The van der Waals surface area contributed by atoms with Crippen LogP contribution in [0.4, 0.5) is 0 Å². The van der Waals surface area contributed by atoms with Crippen LogP contribution in [-0.4, -0.2) is 57.2 Å². The van der Waals surface area contributed by atoms with Crippen LogP contribution in [-0.2, 0) is 19.1 Å². The molecule has 2 rings (SSSR count). The molecule has 0 atom stereocenters. The Morgan fingerprint density at radius 2 is 1.64 bits per heavy atom. The SMILES string of the molecule is COC(=O)CN(CC(=O)OC)C(=O)c1c(C)oc2ccc(OC)cc12. The van der Waals surface area contributed by atoms with Crippen LogP contribution < -0.4 is 4.74 Å². The second-order valence-corrected chi connectivity index (χ2v) is 5.21. The average molecular weight is 349 g/mol. The Hall–Kier alpha value is -3.03. The summed E-state index contributed by atoms with van der Waals surface area (Å²) in [7, 11) is 3.91. The van der Waals surface area contributed by atoms with Crippen molar-refractivity contribution in [1.82, 2.24) is 4.90 Å². The van der Waals surface area contributed by atoms with Crippen LogP contribution in [0.2, 0.25) is 0 Å². The number of nitrogens with zero attached hydrogens (tertiary/aromatic N) is 1. The van der Waals surface area contributed by atoms with E-state index in [9.17, 15) is 14.4 Å². The van der Waals surface area contributed by atoms with Gasteiger partial charge in [-0.25, -0.2) is 0 Å². The normalized spacial score (nSPS) is 10.4. The predicted octanol–water partition coefficient (Wildman–Crippen LogP) is 1.54. The minimum Gasteiger partial charge on any atom is -0.497 e. The Morgan fingerprint density at radius 1 is 1.04 bits per heavy atom. The number of esters is 2. The molecule has 1 aromatic carbocycles. The molecule has 0 aliphatic carbocycles. The fourth-order valence-corrected chi connectivity index (χ4v) is 2.39. The lowest BCUT2D eigenvalue weighted by molar-refractivity contribution is -0.144. The molecule has 1 aromatic heterocycles. The van der Waals surface area contributed by atoms with Crippen molar-refractivity contribution in [3.8, 4) is 5.75 Å². The maximum atomic E-state index is 13.0. The summed E-state index contributed by atoms with van der Waals surface area (Å²) in [6.45, 7) is 0.856. The highest BCUT2D eigenvalue weighted by atomic mass is 16.5. The van der Waals surface area contributed by atoms with Crippen molar-refractivity contribution in [1.29, 1.82) is 0 Å². The fourth-order valence-electron chi connectivity index (χ4n) is 2.39. The van der Waals surface area contributed by atoms with E-state index >= 15 is 0 Å². The molecule has 0 radical (unpaired) electrons. The first kappa shape index (κ1) is 18.3. The number of carbonyl (C=O) groups is 3. The van der Waals surface area contributed by atoms with Gasteiger partial charge in [-0.2, -0.15) is 0 Å². The van der Waals surface area contributed by atoms with Crippen LogP contribution in [0.1, 0.15) is 16.1 Å². The van der Waals surface area contributed by atoms with E-state index in [1.54, 1.807) is 25.1 Å². The number of rotatable bonds is 6. The second kappa shape index (κ2) is 7.69. The molecule has 0 bridgehead atoms. The number of aryl methyl sites for hydroxylation is 1. The summed E-state index contributed by atoms with van der Waals surface area (Å²) in [5.74, 6) is -0.927. The quantitative estimate of drug-likeness (QED) is 0.730. The summed E-state index contributed by atoms with van der Waals surface area (Å²) in [4.78, 5) is 37.2. The number of hydrogen-bond acceptors (Lipinski definition) is 7. The van der Waals surface area contributed by atoms with E-state index in [1.165, 1.54) is 21.3 Å². The molecule has 0 N–H and O–H groups in total. The highest BCUT2D eigenvalue weighted by Gasteiger charge is 2.27. The topological polar surface area (TPSA) is 95.3 Å². The monoisotopic (exact) mass is 349 g/mol. The molecular formula is C17H19NO7. The molecule has 134 valence electrons. The zero-order valence-electron chi connectivity index (χ0n) is 14.5. The van der Waals surface area contributed by atoms with Crippen LogP contribution in [0.15, 0.2) is 22.6 Å². The van der Waals surface area contributed by atoms with E-state index in [0.29, 0.717) is 22.5 Å². The van der Waals surface area contributed by atoms with E-state index in [1.807, 2.05) is 0 Å². The number of hydrogen-bond donors (Lipinski definition) is 0. The van der Waals surface area contributed by atoms with Crippen molar-refractivity contribution in [3.05, 3.63) is 29.5 Å². The molecule has 1 heterocycles. The lowest BCUT2D eigenvalue weighted by Gasteiger charge is -2.20. The molecule has 0 spiro atoms. The first-order valence-corrected chi connectivity index (χ1v) is 7.41. The fraction of sp³-hybridized carbons (Fsp3) is 0.353. The van der Waals surface area contributed by atoms with Gasteiger partial charge in [-0.15, -0.1) is 0 Å². The Kier molecular flexibility index (Phi) is 5.63. The highest BCUT2D eigenvalue weighted by Crippen LogP contribution is 2.30. The molecule has 25 heavy (non-hydrogen) atoms. The molecule has 2 aromatic rings. The van der Waals surface area contributed by atoms with Gasteiger partial charge in [0, 0.05) is 5.39 Å². The van der Waals surface area contributed by atoms with Gasteiger partial charge in [0.2, 0.25) is 0 Å². The van der Waals surface area contributed by atoms with Crippen molar-refractivity contribution < 1.29 is 33.0 Å². The maximum Gasteiger partial charge on any atom is 0.325 e. The first-order valence-electron chi connectivity index (χ1n) is 7.41. The predicted molar refractivity (Wildman–Crippen MR) is 87.4 cm³/mol. The van der Waals surface area contributed by atoms with Gasteiger partial charge in [0.1, 0.15) is 30.2 Å². The van der Waals surface area contributed by atoms with Crippen molar-refractivity contribution in [2.24, 2.45) is 0 Å². The molecular weight excluding hydrogens is 330 g/mol. The van der Waals surface area contributed by atoms with E-state index in [0.717, 1.165) is 4.90 Å². The lowest BCUT2D eigenvalue weighted by Crippen LogP contribution is -2.40. The molecule has 1 amide bonds. The van der Waals surface area contributed by atoms with Gasteiger partial charge < -0.3 is 23.5 Å². The van der Waals surface area contributed by atoms with Gasteiger partial charge >= 0.3 is 11.9 Å². The molecule has 0 fully saturated rings. The van der Waals surface area contributed by atoms with Gasteiger partial charge in [-0.05, 0) is 25.1 Å². The zero-order valence-corrected chi connectivity index (χ0v) is 14.5. The van der Waals surface area contributed by atoms with E-state index in [2.05, 4.69) is 9.47 Å². The smallest absolute Gasteiger partial charge is 0.325 e. The summed E-state index contributed by atoms with van der Waals surface area (Å²) in [5.41, 5.74) is 0.749. The summed E-state index contributed by atoms with van der Waals surface area (Å²) in [6.07, 6.45) is 0. The molecule has 0 unspecified atom stereocenters. The maximum absolute atomic E-state index is 13.0. The van der Waals surface area contributed by atoms with Crippen LogP contribution in [0, 0.1) is 6.92 Å². The molecule has 8 nitrogen and oxygen atoms in total. The number of ether oxygens (including phenoxy) is 3. The number of furan rings is 1. The van der Waals surface area contributed by atoms with E-state index in [-0.39, 0.29) is 18.7 Å². The third-order valence-corrected chi connectivity index (χ3v) is 3.67. The van der Waals surface area contributed by atoms with Crippen LogP contribution >= 0.6 is 0 Å². The van der Waals surface area contributed by atoms with E-state index < -0.39 is 17.8 Å².